The number of aliphatic carboxylic acids is 1. The van der Waals surface area contributed by atoms with Gasteiger partial charge in [-0.2, -0.15) is 0 Å². The number of nitrogens with two attached hydrogens (primary N) is 1. The number of nitrogens with zero attached hydrogens (tertiary/aromatic N) is 1. The Morgan fingerprint density at radius 1 is 1.14 bits per heavy atom. The van der Waals surface area contributed by atoms with Crippen molar-refractivity contribution >= 4 is 23.2 Å². The third-order valence-corrected chi connectivity index (χ3v) is 5.32. The summed E-state index contributed by atoms with van der Waals surface area (Å²) in [6, 6.07) is 13.3. The molecule has 4 rings (SSSR count). The van der Waals surface area contributed by atoms with Gasteiger partial charge in [0.1, 0.15) is 5.75 Å². The van der Waals surface area contributed by atoms with Crippen LogP contribution in [0.15, 0.2) is 48.7 Å². The van der Waals surface area contributed by atoms with E-state index in [4.69, 9.17) is 15.6 Å². The number of ether oxygens (including phenoxy) is 1. The second-order valence-corrected chi connectivity index (χ2v) is 7.06. The first-order chi connectivity index (χ1) is 14.0. The van der Waals surface area contributed by atoms with Crippen molar-refractivity contribution in [3.63, 3.8) is 0 Å². The molecule has 1 aliphatic rings. The van der Waals surface area contributed by atoms with Gasteiger partial charge in [-0.1, -0.05) is 30.3 Å². The van der Waals surface area contributed by atoms with Gasteiger partial charge in [-0.05, 0) is 42.5 Å². The maximum atomic E-state index is 12.8. The van der Waals surface area contributed by atoms with E-state index in [0.717, 1.165) is 29.7 Å². The van der Waals surface area contributed by atoms with Crippen molar-refractivity contribution in [2.75, 3.05) is 6.61 Å². The largest absolute Gasteiger partial charge is 0.480 e. The number of primary amides is 1. The lowest BCUT2D eigenvalue weighted by atomic mass is 9.81. The summed E-state index contributed by atoms with van der Waals surface area (Å²) in [4.78, 5) is 35.5. The first-order valence-electron chi connectivity index (χ1n) is 9.38. The monoisotopic (exact) mass is 392 g/mol. The molecule has 1 aromatic carbocycles. The number of Topliss-reactive ketones (excluding diaryl/α,β-unsaturated/α-hetero) is 1. The Hall–Kier alpha value is -3.61. The van der Waals surface area contributed by atoms with Crippen molar-refractivity contribution in [3.05, 3.63) is 71.0 Å². The van der Waals surface area contributed by atoms with Gasteiger partial charge in [-0.25, -0.2) is 4.79 Å². The summed E-state index contributed by atoms with van der Waals surface area (Å²) in [6.07, 6.45) is 4.19. The quantitative estimate of drug-likeness (QED) is 0.495. The molecule has 0 saturated heterocycles. The lowest BCUT2D eigenvalue weighted by molar-refractivity contribution is -0.139. The number of fused-ring (bicyclic) bond motifs is 3. The van der Waals surface area contributed by atoms with Crippen LogP contribution < -0.4 is 10.5 Å². The average Bonchev–Trinajstić information content (AvgIpc) is 3.07. The van der Waals surface area contributed by atoms with Gasteiger partial charge >= 0.3 is 5.97 Å². The maximum Gasteiger partial charge on any atom is 0.341 e. The zero-order chi connectivity index (χ0) is 20.5. The molecule has 3 aromatic rings. The summed E-state index contributed by atoms with van der Waals surface area (Å²) in [6.45, 7) is -0.554. The number of carboxylic acids is 1. The number of hydrogen-bond acceptors (Lipinski definition) is 4. The molecule has 0 saturated carbocycles. The highest BCUT2D eigenvalue weighted by atomic mass is 16.5. The number of hydrogen-bond donors (Lipinski definition) is 2. The Balaban J connectivity index is 2.00. The summed E-state index contributed by atoms with van der Waals surface area (Å²) >= 11 is 0. The van der Waals surface area contributed by atoms with Crippen LogP contribution in [0.2, 0.25) is 0 Å². The van der Waals surface area contributed by atoms with Crippen molar-refractivity contribution < 1.29 is 24.2 Å². The summed E-state index contributed by atoms with van der Waals surface area (Å²) in [5, 5.41) is 8.99. The predicted molar refractivity (Wildman–Crippen MR) is 105 cm³/mol. The fourth-order valence-corrected chi connectivity index (χ4v) is 4.23. The van der Waals surface area contributed by atoms with Crippen LogP contribution in [0.3, 0.4) is 0 Å². The molecule has 1 atom stereocenters. The second kappa shape index (κ2) is 7.43. The van der Waals surface area contributed by atoms with Gasteiger partial charge in [0.2, 0.25) is 0 Å². The van der Waals surface area contributed by atoms with Crippen LogP contribution in [-0.2, 0) is 16.0 Å². The molecular weight excluding hydrogens is 372 g/mol. The van der Waals surface area contributed by atoms with Gasteiger partial charge in [-0.3, -0.25) is 9.59 Å². The van der Waals surface area contributed by atoms with Crippen LogP contribution in [0.5, 0.6) is 5.75 Å². The molecule has 7 nitrogen and oxygen atoms in total. The van der Waals surface area contributed by atoms with Crippen LogP contribution in [0.25, 0.3) is 5.52 Å². The minimum Gasteiger partial charge on any atom is -0.480 e. The van der Waals surface area contributed by atoms with E-state index in [-0.39, 0.29) is 17.2 Å². The number of carbonyl (C=O) groups excluding carboxylic acids is 2. The van der Waals surface area contributed by atoms with Gasteiger partial charge in [0.05, 0.1) is 11.1 Å². The minimum absolute atomic E-state index is 0.0385. The smallest absolute Gasteiger partial charge is 0.341 e. The zero-order valence-corrected chi connectivity index (χ0v) is 15.6. The van der Waals surface area contributed by atoms with Crippen molar-refractivity contribution in [1.82, 2.24) is 4.40 Å². The molecule has 3 N–H and O–H groups in total. The van der Waals surface area contributed by atoms with Crippen LogP contribution in [-0.4, -0.2) is 33.8 Å². The first kappa shape index (κ1) is 18.7. The highest BCUT2D eigenvalue weighted by molar-refractivity contribution is 6.44. The maximum absolute atomic E-state index is 12.8. The molecule has 148 valence electrons. The molecule has 0 spiro atoms. The molecule has 0 bridgehead atoms. The van der Waals surface area contributed by atoms with Crippen LogP contribution in [0.1, 0.15) is 45.9 Å². The van der Waals surface area contributed by atoms with E-state index in [1.54, 1.807) is 18.3 Å². The Bertz CT molecular complexity index is 1120. The molecule has 1 aliphatic carbocycles. The Morgan fingerprint density at radius 3 is 2.59 bits per heavy atom. The fraction of sp³-hybridized carbons (Fsp3) is 0.227. The van der Waals surface area contributed by atoms with E-state index in [1.165, 1.54) is 0 Å². The zero-order valence-electron chi connectivity index (χ0n) is 15.6. The molecule has 0 radical (unpaired) electrons. The summed E-state index contributed by atoms with van der Waals surface area (Å²) in [5.41, 5.74) is 8.76. The molecule has 2 aromatic heterocycles. The lowest BCUT2D eigenvalue weighted by Crippen LogP contribution is -2.24. The molecule has 7 heteroatoms. The van der Waals surface area contributed by atoms with Gasteiger partial charge in [0.25, 0.3) is 11.7 Å². The SMILES string of the molecule is NC(=O)C(=O)c1c2c(n3cccc(OCC(=O)O)c13)C(c1ccccc1)CCC2. The van der Waals surface area contributed by atoms with E-state index in [0.29, 0.717) is 11.9 Å². The van der Waals surface area contributed by atoms with E-state index in [9.17, 15) is 14.4 Å². The molecule has 0 fully saturated rings. The third-order valence-electron chi connectivity index (χ3n) is 5.32. The average molecular weight is 392 g/mol. The Kier molecular flexibility index (Phi) is 4.80. The van der Waals surface area contributed by atoms with Crippen molar-refractivity contribution in [2.24, 2.45) is 5.73 Å². The summed E-state index contributed by atoms with van der Waals surface area (Å²) < 4.78 is 7.29. The number of benzene rings is 1. The summed E-state index contributed by atoms with van der Waals surface area (Å²) in [5.74, 6) is -2.69. The van der Waals surface area contributed by atoms with Crippen LogP contribution in [0, 0.1) is 0 Å². The molecular formula is C22H20N2O5. The molecule has 0 aliphatic heterocycles. The van der Waals surface area contributed by atoms with Crippen molar-refractivity contribution in [2.45, 2.75) is 25.2 Å². The van der Waals surface area contributed by atoms with Crippen molar-refractivity contribution in [3.8, 4) is 5.75 Å². The number of amides is 1. The van der Waals surface area contributed by atoms with Gasteiger partial charge < -0.3 is 20.0 Å². The predicted octanol–water partition coefficient (Wildman–Crippen LogP) is 2.54. The van der Waals surface area contributed by atoms with Gasteiger partial charge in [0, 0.05) is 17.8 Å². The Labute approximate surface area is 166 Å². The number of aromatic nitrogens is 1. The number of pyridine rings is 1. The molecule has 1 amide bonds. The minimum atomic E-state index is -1.13. The highest BCUT2D eigenvalue weighted by Gasteiger charge is 2.34. The fourth-order valence-electron chi connectivity index (χ4n) is 4.23. The number of carbonyl (C=O) groups is 3. The molecule has 1 unspecified atom stereocenters. The third kappa shape index (κ3) is 3.24. The van der Waals surface area contributed by atoms with Crippen LogP contribution >= 0.6 is 0 Å². The number of ketones is 1. The summed E-state index contributed by atoms with van der Waals surface area (Å²) in [7, 11) is 0. The van der Waals surface area contributed by atoms with Crippen molar-refractivity contribution in [1.29, 1.82) is 0 Å². The second-order valence-electron chi connectivity index (χ2n) is 7.06. The van der Waals surface area contributed by atoms with Gasteiger partial charge in [0.15, 0.2) is 6.61 Å². The Morgan fingerprint density at radius 2 is 1.90 bits per heavy atom. The van der Waals surface area contributed by atoms with Crippen LogP contribution in [0.4, 0.5) is 0 Å². The normalized spacial score (nSPS) is 15.7. The first-order valence-corrected chi connectivity index (χ1v) is 9.38. The van der Waals surface area contributed by atoms with E-state index >= 15 is 0 Å². The van der Waals surface area contributed by atoms with E-state index in [1.807, 2.05) is 34.7 Å². The van der Waals surface area contributed by atoms with E-state index in [2.05, 4.69) is 0 Å². The molecule has 29 heavy (non-hydrogen) atoms. The number of rotatable bonds is 6. The van der Waals surface area contributed by atoms with Gasteiger partial charge in [-0.15, -0.1) is 0 Å². The lowest BCUT2D eigenvalue weighted by Gasteiger charge is -2.24. The topological polar surface area (TPSA) is 111 Å². The van der Waals surface area contributed by atoms with E-state index < -0.39 is 24.3 Å². The molecule has 2 heterocycles. The number of carboxylic acid groups (broad SMARTS) is 1. The standard InChI is InChI=1S/C22H20N2O5/c23-22(28)21(27)18-15-9-4-8-14(13-6-2-1-3-7-13)19(15)24-11-5-10-16(20(18)24)29-12-17(25)26/h1-3,5-7,10-11,14H,4,8-9,12H2,(H2,23,28)(H,25,26). The highest BCUT2D eigenvalue weighted by Crippen LogP contribution is 2.43.